The quantitative estimate of drug-likeness (QED) is 0.630. The van der Waals surface area contributed by atoms with Crippen LogP contribution in [0, 0.1) is 20.8 Å². The lowest BCUT2D eigenvalue weighted by atomic mass is 10.1. The van der Waals surface area contributed by atoms with Gasteiger partial charge in [0.25, 0.3) is 0 Å². The van der Waals surface area contributed by atoms with E-state index in [1.807, 2.05) is 37.8 Å². The average Bonchev–Trinajstić information content (AvgIpc) is 3.30. The first-order chi connectivity index (χ1) is 16.2. The van der Waals surface area contributed by atoms with Gasteiger partial charge in [0.05, 0.1) is 11.4 Å². The fourth-order valence-electron chi connectivity index (χ4n) is 5.74. The molecule has 3 fully saturated rings. The van der Waals surface area contributed by atoms with Crippen molar-refractivity contribution in [2.75, 3.05) is 52.4 Å². The number of amides is 2. The molecule has 0 radical (unpaired) electrons. The van der Waals surface area contributed by atoms with Crippen LogP contribution in [0.15, 0.2) is 17.0 Å². The van der Waals surface area contributed by atoms with Crippen LogP contribution in [0.5, 0.6) is 0 Å². The number of piperidine rings is 1. The number of benzene rings is 1. The molecule has 2 amide bonds. The van der Waals surface area contributed by atoms with E-state index >= 15 is 0 Å². The van der Waals surface area contributed by atoms with Crippen molar-refractivity contribution in [2.24, 2.45) is 0 Å². The summed E-state index contributed by atoms with van der Waals surface area (Å²) in [6, 6.07) is 3.13. The van der Waals surface area contributed by atoms with Crippen molar-refractivity contribution in [2.45, 2.75) is 63.8 Å². The number of hydrogen-bond acceptors (Lipinski definition) is 5. The van der Waals surface area contributed by atoms with Gasteiger partial charge in [-0.05, 0) is 64.0 Å². The van der Waals surface area contributed by atoms with Gasteiger partial charge in [-0.2, -0.15) is 4.31 Å². The number of carbonyl (C=O) groups excluding carboxylic acids is 2. The first kappa shape index (κ1) is 25.1. The van der Waals surface area contributed by atoms with E-state index in [2.05, 4.69) is 4.90 Å². The summed E-state index contributed by atoms with van der Waals surface area (Å²) in [6.07, 6.45) is 4.59. The molecule has 0 bridgehead atoms. The molecule has 0 aliphatic carbocycles. The summed E-state index contributed by atoms with van der Waals surface area (Å²) in [5.41, 5.74) is 2.48. The zero-order valence-corrected chi connectivity index (χ0v) is 21.6. The minimum absolute atomic E-state index is 0.106. The van der Waals surface area contributed by atoms with Crippen LogP contribution in [-0.4, -0.2) is 97.6 Å². The third-order valence-corrected chi connectivity index (χ3v) is 9.63. The van der Waals surface area contributed by atoms with E-state index in [1.165, 1.54) is 10.7 Å². The lowest BCUT2D eigenvalue weighted by molar-refractivity contribution is -0.137. The van der Waals surface area contributed by atoms with Crippen molar-refractivity contribution >= 4 is 21.8 Å². The molecule has 1 aromatic carbocycles. The Hall–Kier alpha value is -1.97. The topological polar surface area (TPSA) is 81.2 Å². The second-order valence-corrected chi connectivity index (χ2v) is 11.9. The molecule has 3 aliphatic rings. The smallest absolute Gasteiger partial charge is 0.244 e. The monoisotopic (exact) mass is 490 g/mol. The largest absolute Gasteiger partial charge is 0.342 e. The third-order valence-electron chi connectivity index (χ3n) is 7.41. The van der Waals surface area contributed by atoms with Gasteiger partial charge in [-0.3, -0.25) is 14.5 Å². The Bertz CT molecular complexity index is 1000. The van der Waals surface area contributed by atoms with Gasteiger partial charge >= 0.3 is 0 Å². The van der Waals surface area contributed by atoms with Crippen molar-refractivity contribution in [1.82, 2.24) is 19.0 Å². The second-order valence-electron chi connectivity index (χ2n) is 10.0. The molecular weight excluding hydrogens is 452 g/mol. The van der Waals surface area contributed by atoms with Crippen molar-refractivity contribution < 1.29 is 18.0 Å². The summed E-state index contributed by atoms with van der Waals surface area (Å²) in [4.78, 5) is 32.2. The zero-order valence-electron chi connectivity index (χ0n) is 20.8. The first-order valence-corrected chi connectivity index (χ1v) is 14.0. The number of hydrogen-bond donors (Lipinski definition) is 0. The molecule has 9 heteroatoms. The average molecular weight is 491 g/mol. The van der Waals surface area contributed by atoms with Gasteiger partial charge in [0.15, 0.2) is 0 Å². The van der Waals surface area contributed by atoms with Gasteiger partial charge < -0.3 is 9.80 Å². The minimum Gasteiger partial charge on any atom is -0.342 e. The molecule has 1 unspecified atom stereocenters. The Morgan fingerprint density at radius 3 is 2.06 bits per heavy atom. The molecule has 34 heavy (non-hydrogen) atoms. The zero-order chi connectivity index (χ0) is 24.5. The molecule has 4 rings (SSSR count). The summed E-state index contributed by atoms with van der Waals surface area (Å²) in [5.74, 6) is 0.0712. The number of sulfonamides is 1. The summed E-state index contributed by atoms with van der Waals surface area (Å²) in [6.45, 7) is 10.4. The number of likely N-dealkylation sites (tertiary alicyclic amines) is 1. The van der Waals surface area contributed by atoms with E-state index < -0.39 is 16.1 Å². The van der Waals surface area contributed by atoms with Crippen LogP contribution >= 0.6 is 0 Å². The van der Waals surface area contributed by atoms with Gasteiger partial charge in [0.2, 0.25) is 21.8 Å². The number of piperazine rings is 1. The summed E-state index contributed by atoms with van der Waals surface area (Å²) < 4.78 is 28.6. The number of nitrogens with zero attached hydrogens (tertiary/aromatic N) is 4. The Balaban J connectivity index is 1.39. The van der Waals surface area contributed by atoms with Gasteiger partial charge in [0, 0.05) is 45.8 Å². The highest BCUT2D eigenvalue weighted by Crippen LogP contribution is 2.31. The predicted octanol–water partition coefficient (Wildman–Crippen LogP) is 1.92. The van der Waals surface area contributed by atoms with Crippen molar-refractivity contribution in [3.05, 3.63) is 28.8 Å². The van der Waals surface area contributed by atoms with Gasteiger partial charge in [0.1, 0.15) is 6.04 Å². The predicted molar refractivity (Wildman–Crippen MR) is 131 cm³/mol. The van der Waals surface area contributed by atoms with Crippen molar-refractivity contribution in [3.8, 4) is 0 Å². The van der Waals surface area contributed by atoms with E-state index in [1.54, 1.807) is 4.90 Å². The SMILES string of the molecule is Cc1cc(C)c(S(=O)(=O)N2CCCC2C(=O)N2CCN(CC(=O)N3CCCCC3)CC2)c(C)c1. The van der Waals surface area contributed by atoms with Crippen LogP contribution in [0.2, 0.25) is 0 Å². The molecule has 0 saturated carbocycles. The van der Waals surface area contributed by atoms with Crippen molar-refractivity contribution in [1.29, 1.82) is 0 Å². The maximum Gasteiger partial charge on any atom is 0.244 e. The lowest BCUT2D eigenvalue weighted by Gasteiger charge is -2.38. The molecule has 0 spiro atoms. The van der Waals surface area contributed by atoms with E-state index in [0.29, 0.717) is 57.0 Å². The van der Waals surface area contributed by atoms with E-state index in [9.17, 15) is 18.0 Å². The maximum absolute atomic E-state index is 13.6. The standard InChI is InChI=1S/C25H38N4O4S/c1-19-16-20(2)24(21(3)17-19)34(32,33)29-11-7-8-22(29)25(31)28-14-12-26(13-15-28)18-23(30)27-9-5-4-6-10-27/h16-17,22H,4-15,18H2,1-3H3. The number of rotatable bonds is 5. The highest BCUT2D eigenvalue weighted by atomic mass is 32.2. The minimum atomic E-state index is -3.76. The molecule has 188 valence electrons. The van der Waals surface area contributed by atoms with Crippen LogP contribution < -0.4 is 0 Å². The first-order valence-electron chi connectivity index (χ1n) is 12.6. The van der Waals surface area contributed by atoms with Crippen LogP contribution in [0.25, 0.3) is 0 Å². The molecule has 3 aliphatic heterocycles. The molecule has 8 nitrogen and oxygen atoms in total. The maximum atomic E-state index is 13.6. The Morgan fingerprint density at radius 1 is 0.824 bits per heavy atom. The van der Waals surface area contributed by atoms with Gasteiger partial charge in [-0.15, -0.1) is 0 Å². The molecular formula is C25H38N4O4S. The Labute approximate surface area is 203 Å². The summed E-state index contributed by atoms with van der Waals surface area (Å²) in [5, 5.41) is 0. The van der Waals surface area contributed by atoms with Gasteiger partial charge in [-0.25, -0.2) is 8.42 Å². The molecule has 0 aromatic heterocycles. The second kappa shape index (κ2) is 10.3. The Morgan fingerprint density at radius 2 is 1.44 bits per heavy atom. The van der Waals surface area contributed by atoms with E-state index in [-0.39, 0.29) is 11.8 Å². The summed E-state index contributed by atoms with van der Waals surface area (Å²) in [7, 11) is -3.76. The molecule has 3 heterocycles. The fraction of sp³-hybridized carbons (Fsp3) is 0.680. The van der Waals surface area contributed by atoms with E-state index in [4.69, 9.17) is 0 Å². The van der Waals surface area contributed by atoms with Gasteiger partial charge in [-0.1, -0.05) is 17.7 Å². The van der Waals surface area contributed by atoms with Crippen LogP contribution in [0.3, 0.4) is 0 Å². The Kier molecular flexibility index (Phi) is 7.64. The normalized spacial score (nSPS) is 22.9. The highest BCUT2D eigenvalue weighted by Gasteiger charge is 2.42. The van der Waals surface area contributed by atoms with Crippen LogP contribution in [0.1, 0.15) is 48.8 Å². The number of carbonyl (C=O) groups is 2. The number of aryl methyl sites for hydroxylation is 3. The lowest BCUT2D eigenvalue weighted by Crippen LogP contribution is -2.55. The molecule has 0 N–H and O–H groups in total. The van der Waals surface area contributed by atoms with E-state index in [0.717, 1.165) is 42.6 Å². The summed E-state index contributed by atoms with van der Waals surface area (Å²) >= 11 is 0. The fourth-order valence-corrected chi connectivity index (χ4v) is 7.80. The molecule has 3 saturated heterocycles. The third kappa shape index (κ3) is 5.16. The highest BCUT2D eigenvalue weighted by molar-refractivity contribution is 7.89. The van der Waals surface area contributed by atoms with Crippen LogP contribution in [-0.2, 0) is 19.6 Å². The molecule has 1 atom stereocenters. The molecule has 1 aromatic rings. The van der Waals surface area contributed by atoms with Crippen LogP contribution in [0.4, 0.5) is 0 Å². The van der Waals surface area contributed by atoms with Crippen molar-refractivity contribution in [3.63, 3.8) is 0 Å².